The Morgan fingerprint density at radius 1 is 1.37 bits per heavy atom. The summed E-state index contributed by atoms with van der Waals surface area (Å²) in [4.78, 5) is 14.2. The second-order valence-corrected chi connectivity index (χ2v) is 4.04. The summed E-state index contributed by atoms with van der Waals surface area (Å²) in [7, 11) is 0. The van der Waals surface area contributed by atoms with Crippen LogP contribution in [0.1, 0.15) is 18.7 Å². The lowest BCUT2D eigenvalue weighted by Crippen LogP contribution is -2.09. The van der Waals surface area contributed by atoms with Gasteiger partial charge in [0.05, 0.1) is 22.3 Å². The zero-order chi connectivity index (χ0) is 13.8. The predicted octanol–water partition coefficient (Wildman–Crippen LogP) is 3.30. The molecule has 1 aromatic heterocycles. The number of nitrogens with one attached hydrogen (secondary N) is 1. The smallest absolute Gasteiger partial charge is 0.271 e. The van der Waals surface area contributed by atoms with E-state index in [1.165, 1.54) is 6.07 Å². The fraction of sp³-hybridized carbons (Fsp3) is 0.154. The summed E-state index contributed by atoms with van der Waals surface area (Å²) in [6.45, 7) is 1.81. The molecule has 0 radical (unpaired) electrons. The van der Waals surface area contributed by atoms with Crippen molar-refractivity contribution in [3.8, 4) is 0 Å². The Hall–Kier alpha value is -2.50. The number of nitro benzene ring substituents is 1. The number of aromatic nitrogens is 1. The third-order valence-corrected chi connectivity index (χ3v) is 2.66. The molecule has 0 saturated carbocycles. The highest BCUT2D eigenvalue weighted by Gasteiger charge is 2.13. The molecule has 0 saturated heterocycles. The molecule has 98 valence electrons. The van der Waals surface area contributed by atoms with Crippen molar-refractivity contribution in [1.29, 1.82) is 0 Å². The molecule has 1 unspecified atom stereocenters. The number of halogens is 1. The number of anilines is 1. The van der Waals surface area contributed by atoms with Gasteiger partial charge in [0.25, 0.3) is 5.69 Å². The van der Waals surface area contributed by atoms with Gasteiger partial charge in [0.2, 0.25) is 0 Å². The number of benzene rings is 1. The van der Waals surface area contributed by atoms with Gasteiger partial charge in [-0.05, 0) is 25.1 Å². The van der Waals surface area contributed by atoms with Crippen LogP contribution in [0, 0.1) is 15.9 Å². The third-order valence-electron chi connectivity index (χ3n) is 2.66. The number of nitro groups is 1. The summed E-state index contributed by atoms with van der Waals surface area (Å²) in [5.74, 6) is -0.534. The van der Waals surface area contributed by atoms with Crippen molar-refractivity contribution in [1.82, 2.24) is 4.98 Å². The van der Waals surface area contributed by atoms with Crippen LogP contribution in [0.2, 0.25) is 0 Å². The molecule has 0 aliphatic rings. The van der Waals surface area contributed by atoms with Gasteiger partial charge >= 0.3 is 0 Å². The van der Waals surface area contributed by atoms with Gasteiger partial charge in [0.15, 0.2) is 0 Å². The van der Waals surface area contributed by atoms with Crippen LogP contribution >= 0.6 is 0 Å². The summed E-state index contributed by atoms with van der Waals surface area (Å²) in [6, 6.07) is 8.53. The summed E-state index contributed by atoms with van der Waals surface area (Å²) in [6.07, 6.45) is 1.64. The highest BCUT2D eigenvalue weighted by atomic mass is 19.1. The average molecular weight is 261 g/mol. The molecule has 2 aromatic rings. The van der Waals surface area contributed by atoms with E-state index in [4.69, 9.17) is 0 Å². The molecule has 19 heavy (non-hydrogen) atoms. The Bertz CT molecular complexity index is 590. The van der Waals surface area contributed by atoms with Gasteiger partial charge in [0.1, 0.15) is 5.82 Å². The van der Waals surface area contributed by atoms with Gasteiger partial charge in [-0.2, -0.15) is 0 Å². The summed E-state index contributed by atoms with van der Waals surface area (Å²) >= 11 is 0. The van der Waals surface area contributed by atoms with Crippen LogP contribution in [0.3, 0.4) is 0 Å². The number of nitrogens with zero attached hydrogens (tertiary/aromatic N) is 2. The van der Waals surface area contributed by atoms with E-state index in [2.05, 4.69) is 10.3 Å². The van der Waals surface area contributed by atoms with Crippen LogP contribution in [0.15, 0.2) is 42.6 Å². The van der Waals surface area contributed by atoms with Crippen molar-refractivity contribution in [2.75, 3.05) is 5.32 Å². The van der Waals surface area contributed by atoms with Crippen LogP contribution < -0.4 is 5.32 Å². The van der Waals surface area contributed by atoms with Crippen LogP contribution in [0.4, 0.5) is 15.8 Å². The van der Waals surface area contributed by atoms with E-state index in [1.807, 2.05) is 6.07 Å². The van der Waals surface area contributed by atoms with Crippen molar-refractivity contribution in [3.63, 3.8) is 0 Å². The first-order chi connectivity index (χ1) is 9.08. The Balaban J connectivity index is 2.23. The van der Waals surface area contributed by atoms with Gasteiger partial charge in [-0.1, -0.05) is 6.07 Å². The molecule has 1 aromatic carbocycles. The largest absolute Gasteiger partial charge is 0.374 e. The number of non-ortho nitro benzene ring substituents is 1. The number of pyridine rings is 1. The molecule has 0 fully saturated rings. The SMILES string of the molecule is CC(Nc1cc([N+](=O)[O-])ccc1F)c1ccccn1. The fourth-order valence-corrected chi connectivity index (χ4v) is 1.68. The summed E-state index contributed by atoms with van der Waals surface area (Å²) < 4.78 is 13.6. The molecule has 0 bridgehead atoms. The lowest BCUT2D eigenvalue weighted by Gasteiger charge is -2.15. The fourth-order valence-electron chi connectivity index (χ4n) is 1.68. The van der Waals surface area contributed by atoms with E-state index in [0.717, 1.165) is 17.8 Å². The van der Waals surface area contributed by atoms with Crippen LogP contribution in [0.25, 0.3) is 0 Å². The van der Waals surface area contributed by atoms with E-state index in [0.29, 0.717) is 0 Å². The van der Waals surface area contributed by atoms with E-state index in [9.17, 15) is 14.5 Å². The van der Waals surface area contributed by atoms with Crippen molar-refractivity contribution in [3.05, 3.63) is 64.2 Å². The number of hydrogen-bond donors (Lipinski definition) is 1. The van der Waals surface area contributed by atoms with Gasteiger partial charge in [-0.15, -0.1) is 0 Å². The molecule has 6 heteroatoms. The molecule has 1 heterocycles. The topological polar surface area (TPSA) is 68.1 Å². The van der Waals surface area contributed by atoms with Gasteiger partial charge in [-0.25, -0.2) is 4.39 Å². The molecular formula is C13H12FN3O2. The zero-order valence-electron chi connectivity index (χ0n) is 10.2. The van der Waals surface area contributed by atoms with Crippen molar-refractivity contribution < 1.29 is 9.31 Å². The molecule has 1 N–H and O–H groups in total. The third kappa shape index (κ3) is 3.04. The van der Waals surface area contributed by atoms with E-state index in [1.54, 1.807) is 25.3 Å². The van der Waals surface area contributed by atoms with Crippen LogP contribution in [0.5, 0.6) is 0 Å². The van der Waals surface area contributed by atoms with E-state index in [-0.39, 0.29) is 17.4 Å². The first-order valence-corrected chi connectivity index (χ1v) is 5.69. The van der Waals surface area contributed by atoms with Crippen molar-refractivity contribution in [2.24, 2.45) is 0 Å². The molecule has 0 amide bonds. The van der Waals surface area contributed by atoms with Crippen LogP contribution in [-0.2, 0) is 0 Å². The first kappa shape index (κ1) is 12.9. The minimum Gasteiger partial charge on any atom is -0.374 e. The maximum atomic E-state index is 13.6. The van der Waals surface area contributed by atoms with Crippen LogP contribution in [-0.4, -0.2) is 9.91 Å². The first-order valence-electron chi connectivity index (χ1n) is 5.69. The second kappa shape index (κ2) is 5.43. The van der Waals surface area contributed by atoms with Gasteiger partial charge < -0.3 is 5.32 Å². The summed E-state index contributed by atoms with van der Waals surface area (Å²) in [5.41, 5.74) is 0.665. The highest BCUT2D eigenvalue weighted by Crippen LogP contribution is 2.24. The molecule has 1 atom stereocenters. The Labute approximate surface area is 109 Å². The number of hydrogen-bond acceptors (Lipinski definition) is 4. The van der Waals surface area contributed by atoms with Gasteiger partial charge in [0, 0.05) is 18.3 Å². The standard InChI is InChI=1S/C13H12FN3O2/c1-9(12-4-2-3-7-15-12)16-13-8-10(17(18)19)5-6-11(13)14/h2-9,16H,1H3. The molecular weight excluding hydrogens is 249 g/mol. The number of rotatable bonds is 4. The molecule has 0 aliphatic carbocycles. The molecule has 0 spiro atoms. The van der Waals surface area contributed by atoms with Gasteiger partial charge in [-0.3, -0.25) is 15.1 Å². The summed E-state index contributed by atoms with van der Waals surface area (Å²) in [5, 5.41) is 13.5. The van der Waals surface area contributed by atoms with E-state index >= 15 is 0 Å². The molecule has 5 nitrogen and oxygen atoms in total. The van der Waals surface area contributed by atoms with Crippen molar-refractivity contribution >= 4 is 11.4 Å². The Kier molecular flexibility index (Phi) is 3.70. The Morgan fingerprint density at radius 3 is 2.79 bits per heavy atom. The average Bonchev–Trinajstić information content (AvgIpc) is 2.42. The highest BCUT2D eigenvalue weighted by molar-refractivity contribution is 5.53. The maximum Gasteiger partial charge on any atom is 0.271 e. The lowest BCUT2D eigenvalue weighted by atomic mass is 10.2. The second-order valence-electron chi connectivity index (χ2n) is 4.04. The Morgan fingerprint density at radius 2 is 2.16 bits per heavy atom. The minimum absolute atomic E-state index is 0.0901. The minimum atomic E-state index is -0.559. The molecule has 2 rings (SSSR count). The lowest BCUT2D eigenvalue weighted by molar-refractivity contribution is -0.384. The monoisotopic (exact) mass is 261 g/mol. The maximum absolute atomic E-state index is 13.6. The normalized spacial score (nSPS) is 11.9. The van der Waals surface area contributed by atoms with Crippen molar-refractivity contribution in [2.45, 2.75) is 13.0 Å². The predicted molar refractivity (Wildman–Crippen MR) is 69.3 cm³/mol. The molecule has 0 aliphatic heterocycles. The quantitative estimate of drug-likeness (QED) is 0.677. The zero-order valence-corrected chi connectivity index (χ0v) is 10.2. The van der Waals surface area contributed by atoms with E-state index < -0.39 is 10.7 Å².